The minimum atomic E-state index is -2.01. The maximum absolute atomic E-state index is 13.2. The van der Waals surface area contributed by atoms with Gasteiger partial charge in [0.1, 0.15) is 5.78 Å². The second kappa shape index (κ2) is 10.2. The topological polar surface area (TPSA) is 46.5 Å². The van der Waals surface area contributed by atoms with Crippen LogP contribution in [0.15, 0.2) is 42.5 Å². The van der Waals surface area contributed by atoms with E-state index in [1.54, 1.807) is 0 Å². The van der Waals surface area contributed by atoms with Gasteiger partial charge in [0, 0.05) is 18.4 Å². The Kier molecular flexibility index (Phi) is 8.43. The zero-order valence-electron chi connectivity index (χ0n) is 20.0. The number of benzene rings is 2. The normalized spacial score (nSPS) is 15.7. The highest BCUT2D eigenvalue weighted by atomic mass is 28.4. The van der Waals surface area contributed by atoms with Crippen LogP contribution in [-0.4, -0.2) is 25.8 Å². The van der Waals surface area contributed by atoms with E-state index in [1.165, 1.54) is 0 Å². The molecule has 0 aliphatic carbocycles. The number of Topliss-reactive ketones (excluding diaryl/α,β-unsaturated/α-hetero) is 1. The molecular weight excluding hydrogens is 388 g/mol. The maximum Gasteiger partial charge on any atom is 0.200 e. The predicted octanol–water partition coefficient (Wildman–Crippen LogP) is 6.91. The Labute approximate surface area is 184 Å². The molecule has 2 aromatic rings. The van der Waals surface area contributed by atoms with Gasteiger partial charge in [-0.05, 0) is 33.0 Å². The molecule has 0 amide bonds. The Morgan fingerprint density at radius 3 is 1.97 bits per heavy atom. The molecule has 0 bridgehead atoms. The molecule has 2 aromatic carbocycles. The number of hydrogen-bond donors (Lipinski definition) is 1. The molecule has 0 saturated carbocycles. The highest BCUT2D eigenvalue weighted by molar-refractivity contribution is 6.77. The summed E-state index contributed by atoms with van der Waals surface area (Å²) in [6.07, 6.45) is -0.826. The first kappa shape index (κ1) is 24.8. The van der Waals surface area contributed by atoms with E-state index in [4.69, 9.17) is 4.43 Å². The molecule has 0 aliphatic heterocycles. The lowest BCUT2D eigenvalue weighted by molar-refractivity contribution is -0.130. The minimum Gasteiger partial charge on any atom is -0.415 e. The van der Waals surface area contributed by atoms with Crippen LogP contribution in [0.1, 0.15) is 67.1 Å². The summed E-state index contributed by atoms with van der Waals surface area (Å²) in [7, 11) is -2.01. The van der Waals surface area contributed by atoms with Crippen LogP contribution in [0.2, 0.25) is 16.6 Å². The maximum atomic E-state index is 13.2. The first-order valence-electron chi connectivity index (χ1n) is 11.4. The van der Waals surface area contributed by atoms with Gasteiger partial charge < -0.3 is 9.53 Å². The van der Waals surface area contributed by atoms with Crippen molar-refractivity contribution in [3.63, 3.8) is 0 Å². The van der Waals surface area contributed by atoms with Crippen LogP contribution in [0, 0.1) is 11.8 Å². The van der Waals surface area contributed by atoms with E-state index in [0.29, 0.717) is 23.2 Å². The smallest absolute Gasteiger partial charge is 0.200 e. The van der Waals surface area contributed by atoms with E-state index in [1.807, 2.05) is 56.3 Å². The number of rotatable bonds is 10. The van der Waals surface area contributed by atoms with E-state index < -0.39 is 20.3 Å². The number of hydrogen-bond acceptors (Lipinski definition) is 3. The van der Waals surface area contributed by atoms with Crippen molar-refractivity contribution in [2.24, 2.45) is 11.8 Å². The van der Waals surface area contributed by atoms with Crippen molar-refractivity contribution in [2.45, 2.75) is 78.1 Å². The van der Waals surface area contributed by atoms with Gasteiger partial charge in [0.05, 0.1) is 6.10 Å². The molecule has 0 fully saturated rings. The van der Waals surface area contributed by atoms with Gasteiger partial charge in [0.2, 0.25) is 0 Å². The molecule has 0 saturated heterocycles. The van der Waals surface area contributed by atoms with Crippen LogP contribution in [-0.2, 0) is 9.22 Å². The zero-order chi connectivity index (χ0) is 22.6. The summed E-state index contributed by atoms with van der Waals surface area (Å²) in [5, 5.41) is 13.1. The van der Waals surface area contributed by atoms with Gasteiger partial charge in [-0.1, -0.05) is 97.9 Å². The van der Waals surface area contributed by atoms with Crippen LogP contribution < -0.4 is 0 Å². The van der Waals surface area contributed by atoms with Crippen molar-refractivity contribution in [3.05, 3.63) is 48.0 Å². The van der Waals surface area contributed by atoms with E-state index >= 15 is 0 Å². The molecule has 0 aromatic heterocycles. The Morgan fingerprint density at radius 1 is 0.867 bits per heavy atom. The van der Waals surface area contributed by atoms with Crippen LogP contribution >= 0.6 is 0 Å². The van der Waals surface area contributed by atoms with Crippen LogP contribution in [0.5, 0.6) is 0 Å². The zero-order valence-corrected chi connectivity index (χ0v) is 21.0. The third-order valence-electron chi connectivity index (χ3n) is 6.84. The number of fused-ring (bicyclic) bond motifs is 1. The molecule has 0 heterocycles. The highest BCUT2D eigenvalue weighted by Crippen LogP contribution is 2.42. The fourth-order valence-electron chi connectivity index (χ4n) is 5.23. The van der Waals surface area contributed by atoms with E-state index in [9.17, 15) is 9.90 Å². The third kappa shape index (κ3) is 4.87. The number of aliphatic hydroxyl groups is 1. The van der Waals surface area contributed by atoms with Crippen molar-refractivity contribution in [1.29, 1.82) is 0 Å². The summed E-state index contributed by atoms with van der Waals surface area (Å²) < 4.78 is 6.64. The van der Waals surface area contributed by atoms with Gasteiger partial charge in [-0.3, -0.25) is 4.79 Å². The number of aliphatic hydroxyl groups excluding tert-OH is 1. The Morgan fingerprint density at radius 2 is 1.40 bits per heavy atom. The van der Waals surface area contributed by atoms with E-state index in [2.05, 4.69) is 41.5 Å². The minimum absolute atomic E-state index is 0.0644. The molecule has 4 heteroatoms. The molecular formula is C26H40O3Si. The fourth-order valence-corrected chi connectivity index (χ4v) is 10.8. The first-order chi connectivity index (χ1) is 14.0. The average Bonchev–Trinajstić information content (AvgIpc) is 2.71. The predicted molar refractivity (Wildman–Crippen MR) is 129 cm³/mol. The lowest BCUT2D eigenvalue weighted by atomic mass is 9.86. The molecule has 3 atom stereocenters. The van der Waals surface area contributed by atoms with Gasteiger partial charge >= 0.3 is 0 Å². The molecule has 0 spiro atoms. The van der Waals surface area contributed by atoms with Gasteiger partial charge in [0.15, 0.2) is 8.32 Å². The Balaban J connectivity index is 2.17. The van der Waals surface area contributed by atoms with Crippen LogP contribution in [0.4, 0.5) is 0 Å². The second-order valence-electron chi connectivity index (χ2n) is 9.73. The summed E-state index contributed by atoms with van der Waals surface area (Å²) in [4.78, 5) is 13.2. The Bertz CT molecular complexity index is 816. The van der Waals surface area contributed by atoms with Crippen molar-refractivity contribution in [1.82, 2.24) is 0 Å². The molecule has 1 N–H and O–H groups in total. The number of carbonyl (C=O) groups is 1. The number of carbonyl (C=O) groups excluding carboxylic acids is 1. The quantitative estimate of drug-likeness (QED) is 0.418. The molecule has 166 valence electrons. The lowest BCUT2D eigenvalue weighted by Crippen LogP contribution is -2.49. The second-order valence-corrected chi connectivity index (χ2v) is 15.2. The molecule has 0 unspecified atom stereocenters. The molecule has 0 aliphatic rings. The third-order valence-corrected chi connectivity index (χ3v) is 12.9. The highest BCUT2D eigenvalue weighted by Gasteiger charge is 2.45. The van der Waals surface area contributed by atoms with Crippen molar-refractivity contribution in [2.75, 3.05) is 6.61 Å². The molecule has 2 rings (SSSR count). The van der Waals surface area contributed by atoms with E-state index in [-0.39, 0.29) is 11.7 Å². The van der Waals surface area contributed by atoms with Crippen molar-refractivity contribution in [3.8, 4) is 0 Å². The Hall–Kier alpha value is -1.49. The summed E-state index contributed by atoms with van der Waals surface area (Å²) in [5.74, 6) is -0.662. The van der Waals surface area contributed by atoms with Gasteiger partial charge in [-0.15, -0.1) is 0 Å². The van der Waals surface area contributed by atoms with Gasteiger partial charge in [0.25, 0.3) is 0 Å². The SMILES string of the molecule is CC(C)[Si](OC[C@H](C)C(=O)[C@H](C)[C@@H](O)c1cccc2ccccc12)(C(C)C)C(C)C. The summed E-state index contributed by atoms with van der Waals surface area (Å²) in [6.45, 7) is 17.7. The molecule has 0 radical (unpaired) electrons. The fraction of sp³-hybridized carbons (Fsp3) is 0.577. The van der Waals surface area contributed by atoms with Crippen molar-refractivity contribution < 1.29 is 14.3 Å². The average molecular weight is 429 g/mol. The van der Waals surface area contributed by atoms with Gasteiger partial charge in [-0.25, -0.2) is 0 Å². The first-order valence-corrected chi connectivity index (χ1v) is 13.5. The van der Waals surface area contributed by atoms with Crippen LogP contribution in [0.25, 0.3) is 10.8 Å². The lowest BCUT2D eigenvalue weighted by Gasteiger charge is -2.42. The largest absolute Gasteiger partial charge is 0.415 e. The molecule has 3 nitrogen and oxygen atoms in total. The monoisotopic (exact) mass is 428 g/mol. The standard InChI is InChI=1S/C26H40O3Si/c1-17(2)30(18(3)4,19(5)6)29-16-20(7)25(27)21(8)26(28)24-15-11-13-22-12-9-10-14-23(22)24/h9-15,17-21,26,28H,16H2,1-8H3/t20-,21-,26+/m0/s1. The number of ketones is 1. The van der Waals surface area contributed by atoms with Crippen molar-refractivity contribution >= 4 is 24.9 Å². The summed E-state index contributed by atoms with van der Waals surface area (Å²) in [6, 6.07) is 13.9. The van der Waals surface area contributed by atoms with E-state index in [0.717, 1.165) is 16.3 Å². The van der Waals surface area contributed by atoms with Gasteiger partial charge in [-0.2, -0.15) is 0 Å². The summed E-state index contributed by atoms with van der Waals surface area (Å²) >= 11 is 0. The molecule has 30 heavy (non-hydrogen) atoms. The van der Waals surface area contributed by atoms with Crippen LogP contribution in [0.3, 0.4) is 0 Å². The summed E-state index contributed by atoms with van der Waals surface area (Å²) in [5.41, 5.74) is 2.27.